The van der Waals surface area contributed by atoms with Crippen molar-refractivity contribution in [3.63, 3.8) is 0 Å². The largest absolute Gasteiger partial charge is 0.566 e. The van der Waals surface area contributed by atoms with Gasteiger partial charge in [0, 0.05) is 6.54 Å². The van der Waals surface area contributed by atoms with Crippen LogP contribution in [0, 0.1) is 0 Å². The van der Waals surface area contributed by atoms with E-state index in [2.05, 4.69) is 22.0 Å². The van der Waals surface area contributed by atoms with Gasteiger partial charge in [0.15, 0.2) is 0 Å². The Hall–Kier alpha value is -0.970. The van der Waals surface area contributed by atoms with Crippen LogP contribution in [0.4, 0.5) is 4.79 Å². The van der Waals surface area contributed by atoms with E-state index in [1.54, 1.807) is 0 Å². The number of unbranched alkanes of at least 4 members (excludes halogenated alkanes) is 9. The van der Waals surface area contributed by atoms with Gasteiger partial charge in [-0.05, 0) is 49.5 Å². The molecule has 0 aromatic heterocycles. The minimum Gasteiger partial charge on any atom is -0.566 e. The molecule has 7 heteroatoms. The summed E-state index contributed by atoms with van der Waals surface area (Å²) in [6.07, 6.45) is 20.5. The number of allylic oxidation sites excluding steroid dienone is 2. The molecule has 0 aromatic carbocycles. The van der Waals surface area contributed by atoms with Gasteiger partial charge in [0.2, 0.25) is 0 Å². The predicted molar refractivity (Wildman–Crippen MR) is 110 cm³/mol. The van der Waals surface area contributed by atoms with Crippen LogP contribution in [0.5, 0.6) is 0 Å². The first-order chi connectivity index (χ1) is 13.7. The lowest BCUT2D eigenvalue weighted by molar-refractivity contribution is -0.185. The van der Waals surface area contributed by atoms with Crippen LogP contribution in [0.25, 0.3) is 0 Å². The van der Waals surface area contributed by atoms with Gasteiger partial charge in [0.1, 0.15) is 12.7 Å². The van der Waals surface area contributed by atoms with E-state index in [0.717, 1.165) is 64.2 Å². The molecule has 0 aromatic rings. The minimum absolute atomic E-state index is 0.0635. The van der Waals surface area contributed by atoms with Crippen LogP contribution in [-0.2, 0) is 13.8 Å². The average Bonchev–Trinajstić information content (AvgIpc) is 2.64. The third-order valence-corrected chi connectivity index (χ3v) is 5.42. The number of amides is 1. The maximum absolute atomic E-state index is 11.9. The van der Waals surface area contributed by atoms with Crippen molar-refractivity contribution in [2.24, 2.45) is 0 Å². The molecular weight excluding hydrogens is 377 g/mol. The lowest BCUT2D eigenvalue weighted by atomic mass is 10.0. The number of ether oxygens (including phenoxy) is 1. The van der Waals surface area contributed by atoms with E-state index in [0.29, 0.717) is 13.2 Å². The highest BCUT2D eigenvalue weighted by atomic mass is 31.1. The fourth-order valence-electron chi connectivity index (χ4n) is 3.41. The van der Waals surface area contributed by atoms with Crippen LogP contribution in [-0.4, -0.2) is 25.3 Å². The zero-order valence-electron chi connectivity index (χ0n) is 17.2. The Morgan fingerprint density at radius 2 is 1.54 bits per heavy atom. The maximum atomic E-state index is 11.9. The highest BCUT2D eigenvalue weighted by Crippen LogP contribution is 2.16. The van der Waals surface area contributed by atoms with E-state index in [9.17, 15) is 14.3 Å². The van der Waals surface area contributed by atoms with Crippen LogP contribution < -0.4 is 10.2 Å². The van der Waals surface area contributed by atoms with Crippen molar-refractivity contribution >= 4 is 14.3 Å². The van der Waals surface area contributed by atoms with Gasteiger partial charge < -0.3 is 14.9 Å². The molecule has 0 aliphatic heterocycles. The Balaban J connectivity index is 1.81. The molecule has 1 N–H and O–H groups in total. The zero-order chi connectivity index (χ0) is 20.3. The van der Waals surface area contributed by atoms with Gasteiger partial charge in [0.05, 0.1) is 0 Å². The third kappa shape index (κ3) is 16.0. The van der Waals surface area contributed by atoms with Gasteiger partial charge in [-0.2, -0.15) is 0 Å². The number of hydrogen-bond donors (Lipinski definition) is 1. The van der Waals surface area contributed by atoms with Gasteiger partial charge in [-0.1, -0.05) is 63.5 Å². The molecule has 1 amide bonds. The molecule has 2 unspecified atom stereocenters. The normalized spacial score (nSPS) is 18.8. The van der Waals surface area contributed by atoms with Crippen molar-refractivity contribution in [2.75, 3.05) is 13.2 Å². The molecule has 1 aliphatic carbocycles. The summed E-state index contributed by atoms with van der Waals surface area (Å²) >= 11 is 0. The summed E-state index contributed by atoms with van der Waals surface area (Å²) < 4.78 is 20.3. The second kappa shape index (κ2) is 18.1. The quantitative estimate of drug-likeness (QED) is 0.216. The minimum atomic E-state index is -2.68. The first kappa shape index (κ1) is 25.1. The van der Waals surface area contributed by atoms with Crippen molar-refractivity contribution in [1.82, 2.24) is 5.32 Å². The molecule has 6 nitrogen and oxygen atoms in total. The molecule has 1 rings (SSSR count). The smallest absolute Gasteiger partial charge is 0.488 e. The van der Waals surface area contributed by atoms with Crippen molar-refractivity contribution in [2.45, 2.75) is 102 Å². The summed E-state index contributed by atoms with van der Waals surface area (Å²) in [4.78, 5) is 22.1. The monoisotopic (exact) mass is 415 g/mol. The molecule has 162 valence electrons. The predicted octanol–water partition coefficient (Wildman–Crippen LogP) is 5.54. The summed E-state index contributed by atoms with van der Waals surface area (Å²) in [5.41, 5.74) is 0. The zero-order valence-corrected chi connectivity index (χ0v) is 18.1. The van der Waals surface area contributed by atoms with E-state index in [-0.39, 0.29) is 12.2 Å². The Kier molecular flexibility index (Phi) is 16.2. The third-order valence-electron chi connectivity index (χ3n) is 5.03. The van der Waals surface area contributed by atoms with Gasteiger partial charge in [-0.25, -0.2) is 4.79 Å². The SMILES string of the molecule is O=C(NCCCCCCCCCCCCO[P+](=O)[O-])OC1CC/C=C/CCC1. The number of carbonyl (C=O) groups excluding carboxylic acids is 1. The van der Waals surface area contributed by atoms with Gasteiger partial charge in [-0.3, -0.25) is 0 Å². The summed E-state index contributed by atoms with van der Waals surface area (Å²) in [5, 5.41) is 2.88. The van der Waals surface area contributed by atoms with E-state index in [4.69, 9.17) is 4.74 Å². The Labute approximate surface area is 171 Å². The first-order valence-electron chi connectivity index (χ1n) is 11.1. The number of alkyl carbamates (subject to hydrolysis) is 1. The standard InChI is InChI=1S/C21H38NO5P/c23-21(27-20-16-12-8-7-9-13-17-20)22-18-14-10-5-3-1-2-4-6-11-15-19-26-28(24)25/h7-8,20H,1-6,9-19H2,(H,22,23)/b8-7+. The van der Waals surface area contributed by atoms with E-state index in [1.165, 1.54) is 32.1 Å². The second-order valence-electron chi connectivity index (χ2n) is 7.53. The molecule has 0 saturated carbocycles. The molecule has 0 bridgehead atoms. The van der Waals surface area contributed by atoms with Crippen molar-refractivity contribution in [3.8, 4) is 0 Å². The summed E-state index contributed by atoms with van der Waals surface area (Å²) in [7, 11) is -2.68. The highest BCUT2D eigenvalue weighted by molar-refractivity contribution is 7.30. The molecule has 1 aliphatic rings. The maximum Gasteiger partial charge on any atom is 0.488 e. The summed E-state index contributed by atoms with van der Waals surface area (Å²) in [6.45, 7) is 1.01. The van der Waals surface area contributed by atoms with Crippen LogP contribution in [0.2, 0.25) is 0 Å². The van der Waals surface area contributed by atoms with Crippen molar-refractivity contribution in [1.29, 1.82) is 0 Å². The molecule has 2 atom stereocenters. The number of nitrogens with one attached hydrogen (secondary N) is 1. The van der Waals surface area contributed by atoms with E-state index < -0.39 is 8.25 Å². The highest BCUT2D eigenvalue weighted by Gasteiger charge is 2.14. The molecule has 0 radical (unpaired) electrons. The van der Waals surface area contributed by atoms with Gasteiger partial charge in [-0.15, -0.1) is 4.52 Å². The molecule has 28 heavy (non-hydrogen) atoms. The molecule has 0 saturated heterocycles. The van der Waals surface area contributed by atoms with Gasteiger partial charge in [0.25, 0.3) is 0 Å². The Morgan fingerprint density at radius 1 is 0.929 bits per heavy atom. The van der Waals surface area contributed by atoms with Crippen molar-refractivity contribution < 1.29 is 23.5 Å². The van der Waals surface area contributed by atoms with Crippen LogP contribution in [0.15, 0.2) is 12.2 Å². The molecule has 0 fully saturated rings. The van der Waals surface area contributed by atoms with E-state index in [1.807, 2.05) is 0 Å². The summed E-state index contributed by atoms with van der Waals surface area (Å²) in [5.74, 6) is 0. The average molecular weight is 416 g/mol. The molecule has 0 spiro atoms. The van der Waals surface area contributed by atoms with Crippen LogP contribution in [0.1, 0.15) is 96.3 Å². The fourth-order valence-corrected chi connectivity index (χ4v) is 3.69. The number of carbonyl (C=O) groups is 1. The van der Waals surface area contributed by atoms with Crippen LogP contribution in [0.3, 0.4) is 0 Å². The van der Waals surface area contributed by atoms with Gasteiger partial charge >= 0.3 is 14.3 Å². The lowest BCUT2D eigenvalue weighted by Crippen LogP contribution is -2.30. The molecule has 0 heterocycles. The summed E-state index contributed by atoms with van der Waals surface area (Å²) in [6, 6.07) is 0. The number of hydrogen-bond acceptors (Lipinski definition) is 5. The number of rotatable bonds is 15. The fraction of sp³-hybridized carbons (Fsp3) is 0.857. The van der Waals surface area contributed by atoms with Crippen molar-refractivity contribution in [3.05, 3.63) is 12.2 Å². The topological polar surface area (TPSA) is 87.7 Å². The lowest BCUT2D eigenvalue weighted by Gasteiger charge is -2.18. The van der Waals surface area contributed by atoms with E-state index >= 15 is 0 Å². The Bertz CT molecular complexity index is 445. The molecular formula is C21H38NO5P. The first-order valence-corrected chi connectivity index (χ1v) is 12.1. The van der Waals surface area contributed by atoms with Crippen LogP contribution >= 0.6 is 8.25 Å². The Morgan fingerprint density at radius 3 is 2.21 bits per heavy atom. The second-order valence-corrected chi connectivity index (χ2v) is 8.23.